The number of amides is 1. The number of carbonyl (C=O) groups is 2. The molecule has 1 aliphatic rings. The number of nitrogens with one attached hydrogen (secondary N) is 1. The van der Waals surface area contributed by atoms with Crippen LogP contribution < -0.4 is 10.1 Å². The SMILES string of the molecule is COc1ccc(C(=O)C(=O)NCC2(N(C)C)CCOCC2)cc1. The van der Waals surface area contributed by atoms with Crippen molar-refractivity contribution in [2.45, 2.75) is 18.4 Å². The number of benzene rings is 1. The van der Waals surface area contributed by atoms with Gasteiger partial charge in [-0.3, -0.25) is 9.59 Å². The minimum absolute atomic E-state index is 0.159. The number of likely N-dealkylation sites (N-methyl/N-ethyl adjacent to an activating group) is 1. The molecular formula is C17H24N2O4. The summed E-state index contributed by atoms with van der Waals surface area (Å²) in [5.41, 5.74) is 0.197. The third kappa shape index (κ3) is 4.09. The van der Waals surface area contributed by atoms with Gasteiger partial charge in [0, 0.05) is 30.9 Å². The second kappa shape index (κ2) is 7.57. The summed E-state index contributed by atoms with van der Waals surface area (Å²) in [6, 6.07) is 6.52. The Bertz CT molecular complexity index is 548. The van der Waals surface area contributed by atoms with Crippen LogP contribution in [0.1, 0.15) is 23.2 Å². The summed E-state index contributed by atoms with van der Waals surface area (Å²) in [7, 11) is 5.53. The molecule has 6 nitrogen and oxygen atoms in total. The number of hydrogen-bond donors (Lipinski definition) is 1. The molecule has 0 radical (unpaired) electrons. The van der Waals surface area contributed by atoms with E-state index in [4.69, 9.17) is 9.47 Å². The smallest absolute Gasteiger partial charge is 0.292 e. The first-order valence-electron chi connectivity index (χ1n) is 7.70. The summed E-state index contributed by atoms with van der Waals surface area (Å²) < 4.78 is 10.4. The Labute approximate surface area is 136 Å². The van der Waals surface area contributed by atoms with Crippen molar-refractivity contribution < 1.29 is 19.1 Å². The quantitative estimate of drug-likeness (QED) is 0.628. The van der Waals surface area contributed by atoms with Crippen LogP contribution in [0.5, 0.6) is 5.75 Å². The molecule has 2 rings (SSSR count). The molecule has 1 aromatic rings. The van der Waals surface area contributed by atoms with Crippen LogP contribution in [0.3, 0.4) is 0 Å². The maximum atomic E-state index is 12.2. The fraction of sp³-hybridized carbons (Fsp3) is 0.529. The highest BCUT2D eigenvalue weighted by Gasteiger charge is 2.35. The Kier molecular flexibility index (Phi) is 5.74. The van der Waals surface area contributed by atoms with E-state index in [1.165, 1.54) is 0 Å². The predicted molar refractivity (Wildman–Crippen MR) is 86.8 cm³/mol. The number of ketones is 1. The highest BCUT2D eigenvalue weighted by molar-refractivity contribution is 6.42. The minimum Gasteiger partial charge on any atom is -0.497 e. The van der Waals surface area contributed by atoms with Crippen LogP contribution in [-0.4, -0.2) is 63.1 Å². The normalized spacial score (nSPS) is 16.9. The summed E-state index contributed by atoms with van der Waals surface area (Å²) in [6.45, 7) is 1.77. The topological polar surface area (TPSA) is 67.9 Å². The van der Waals surface area contributed by atoms with Crippen LogP contribution in [-0.2, 0) is 9.53 Å². The van der Waals surface area contributed by atoms with Gasteiger partial charge in [0.1, 0.15) is 5.75 Å². The van der Waals surface area contributed by atoms with Crippen molar-refractivity contribution in [2.24, 2.45) is 0 Å². The molecule has 1 N–H and O–H groups in total. The number of ether oxygens (including phenoxy) is 2. The molecule has 0 spiro atoms. The largest absolute Gasteiger partial charge is 0.497 e. The van der Waals surface area contributed by atoms with Gasteiger partial charge < -0.3 is 19.7 Å². The number of nitrogens with zero attached hydrogens (tertiary/aromatic N) is 1. The lowest BCUT2D eigenvalue weighted by Crippen LogP contribution is -2.56. The summed E-state index contributed by atoms with van der Waals surface area (Å²) >= 11 is 0. The minimum atomic E-state index is -0.581. The van der Waals surface area contributed by atoms with Gasteiger partial charge in [-0.25, -0.2) is 0 Å². The van der Waals surface area contributed by atoms with Gasteiger partial charge in [0.15, 0.2) is 0 Å². The third-order valence-corrected chi connectivity index (χ3v) is 4.51. The fourth-order valence-electron chi connectivity index (χ4n) is 2.73. The van der Waals surface area contributed by atoms with E-state index < -0.39 is 11.7 Å². The highest BCUT2D eigenvalue weighted by atomic mass is 16.5. The van der Waals surface area contributed by atoms with Crippen molar-refractivity contribution in [2.75, 3.05) is 41.0 Å². The average molecular weight is 320 g/mol. The zero-order valence-electron chi connectivity index (χ0n) is 13.9. The molecule has 1 aromatic carbocycles. The van der Waals surface area contributed by atoms with E-state index in [-0.39, 0.29) is 5.54 Å². The number of Topliss-reactive ketones (excluding diaryl/α,β-unsaturated/α-hetero) is 1. The Balaban J connectivity index is 1.98. The van der Waals surface area contributed by atoms with Crippen LogP contribution in [0.15, 0.2) is 24.3 Å². The molecule has 0 unspecified atom stereocenters. The average Bonchev–Trinajstić information content (AvgIpc) is 2.59. The fourth-order valence-corrected chi connectivity index (χ4v) is 2.73. The van der Waals surface area contributed by atoms with Crippen LogP contribution in [0.4, 0.5) is 0 Å². The van der Waals surface area contributed by atoms with Crippen molar-refractivity contribution in [3.8, 4) is 5.75 Å². The van der Waals surface area contributed by atoms with E-state index >= 15 is 0 Å². The molecule has 1 amide bonds. The molecule has 1 saturated heterocycles. The second-order valence-electron chi connectivity index (χ2n) is 5.97. The molecule has 23 heavy (non-hydrogen) atoms. The van der Waals surface area contributed by atoms with E-state index in [1.54, 1.807) is 31.4 Å². The van der Waals surface area contributed by atoms with Gasteiger partial charge in [-0.1, -0.05) is 0 Å². The molecule has 0 atom stereocenters. The van der Waals surface area contributed by atoms with Crippen LogP contribution in [0, 0.1) is 0 Å². The van der Waals surface area contributed by atoms with E-state index in [0.29, 0.717) is 31.1 Å². The van der Waals surface area contributed by atoms with Crippen molar-refractivity contribution >= 4 is 11.7 Å². The van der Waals surface area contributed by atoms with E-state index in [1.807, 2.05) is 14.1 Å². The summed E-state index contributed by atoms with van der Waals surface area (Å²) in [6.07, 6.45) is 1.66. The summed E-state index contributed by atoms with van der Waals surface area (Å²) in [5, 5.41) is 2.78. The molecule has 0 saturated carbocycles. The van der Waals surface area contributed by atoms with E-state index in [9.17, 15) is 9.59 Å². The monoisotopic (exact) mass is 320 g/mol. The number of hydrogen-bond acceptors (Lipinski definition) is 5. The lowest BCUT2D eigenvalue weighted by atomic mass is 9.88. The van der Waals surface area contributed by atoms with Gasteiger partial charge in [-0.05, 0) is 51.2 Å². The first-order chi connectivity index (χ1) is 11.0. The molecule has 1 fully saturated rings. The van der Waals surface area contributed by atoms with Gasteiger partial charge in [0.2, 0.25) is 5.78 Å². The molecule has 0 aromatic heterocycles. The van der Waals surface area contributed by atoms with Gasteiger partial charge in [0.05, 0.1) is 7.11 Å². The predicted octanol–water partition coefficient (Wildman–Crippen LogP) is 1.10. The van der Waals surface area contributed by atoms with Crippen LogP contribution in [0.2, 0.25) is 0 Å². The first-order valence-corrected chi connectivity index (χ1v) is 7.70. The van der Waals surface area contributed by atoms with Crippen molar-refractivity contribution in [3.63, 3.8) is 0 Å². The van der Waals surface area contributed by atoms with Crippen LogP contribution >= 0.6 is 0 Å². The third-order valence-electron chi connectivity index (χ3n) is 4.51. The maximum Gasteiger partial charge on any atom is 0.292 e. The van der Waals surface area contributed by atoms with E-state index in [2.05, 4.69) is 10.2 Å². The molecular weight excluding hydrogens is 296 g/mol. The Morgan fingerprint density at radius 3 is 2.35 bits per heavy atom. The van der Waals surface area contributed by atoms with Gasteiger partial charge >= 0.3 is 0 Å². The van der Waals surface area contributed by atoms with Crippen molar-refractivity contribution in [1.29, 1.82) is 0 Å². The Hall–Kier alpha value is -1.92. The molecule has 1 aliphatic heterocycles. The summed E-state index contributed by atoms with van der Waals surface area (Å²) in [5.74, 6) is -0.466. The van der Waals surface area contributed by atoms with E-state index in [0.717, 1.165) is 12.8 Å². The molecule has 1 heterocycles. The number of rotatable bonds is 6. The number of carbonyl (C=O) groups excluding carboxylic acids is 2. The van der Waals surface area contributed by atoms with Gasteiger partial charge in [0.25, 0.3) is 5.91 Å². The standard InChI is InChI=1S/C17H24N2O4/c1-19(2)17(8-10-23-11-9-17)12-18-16(21)15(20)13-4-6-14(22-3)7-5-13/h4-7H,8-12H2,1-3H3,(H,18,21). The maximum absolute atomic E-state index is 12.2. The van der Waals surface area contributed by atoms with Gasteiger partial charge in [-0.15, -0.1) is 0 Å². The lowest BCUT2D eigenvalue weighted by Gasteiger charge is -2.42. The Morgan fingerprint density at radius 1 is 1.22 bits per heavy atom. The lowest BCUT2D eigenvalue weighted by molar-refractivity contribution is -0.118. The zero-order chi connectivity index (χ0) is 16.9. The molecule has 0 bridgehead atoms. The molecule has 6 heteroatoms. The highest BCUT2D eigenvalue weighted by Crippen LogP contribution is 2.25. The molecule has 0 aliphatic carbocycles. The second-order valence-corrected chi connectivity index (χ2v) is 5.97. The number of methoxy groups -OCH3 is 1. The van der Waals surface area contributed by atoms with Gasteiger partial charge in [-0.2, -0.15) is 0 Å². The van der Waals surface area contributed by atoms with Crippen molar-refractivity contribution in [3.05, 3.63) is 29.8 Å². The van der Waals surface area contributed by atoms with Crippen LogP contribution in [0.25, 0.3) is 0 Å². The summed E-state index contributed by atoms with van der Waals surface area (Å²) in [4.78, 5) is 26.5. The first kappa shape index (κ1) is 17.4. The van der Waals surface area contributed by atoms with Crippen molar-refractivity contribution in [1.82, 2.24) is 10.2 Å². The zero-order valence-corrected chi connectivity index (χ0v) is 13.9. The Morgan fingerprint density at radius 2 is 1.83 bits per heavy atom. The molecule has 126 valence electrons.